The molecule has 0 aliphatic carbocycles. The van der Waals surface area contributed by atoms with Crippen molar-refractivity contribution in [1.29, 1.82) is 0 Å². The molecule has 1 aliphatic heterocycles. The zero-order valence-corrected chi connectivity index (χ0v) is 13.2. The van der Waals surface area contributed by atoms with Gasteiger partial charge in [-0.15, -0.1) is 0 Å². The summed E-state index contributed by atoms with van der Waals surface area (Å²) in [5.41, 5.74) is 7.45. The van der Waals surface area contributed by atoms with Crippen LogP contribution in [0.3, 0.4) is 0 Å². The molecule has 0 radical (unpaired) electrons. The number of likely N-dealkylation sites (tertiary alicyclic amines) is 1. The molecule has 6 heteroatoms. The first-order valence-electron chi connectivity index (χ1n) is 6.99. The van der Waals surface area contributed by atoms with Crippen molar-refractivity contribution in [2.75, 3.05) is 13.1 Å². The van der Waals surface area contributed by atoms with Gasteiger partial charge in [-0.1, -0.05) is 22.0 Å². The molecule has 1 aliphatic rings. The molecule has 0 bridgehead atoms. The highest BCUT2D eigenvalue weighted by atomic mass is 79.9. The Morgan fingerprint density at radius 3 is 3.05 bits per heavy atom. The van der Waals surface area contributed by atoms with Crippen molar-refractivity contribution in [3.05, 3.63) is 46.7 Å². The lowest BCUT2D eigenvalue weighted by Gasteiger charge is -2.30. The monoisotopic (exact) mass is 348 g/mol. The first-order valence-corrected chi connectivity index (χ1v) is 7.78. The molecule has 1 aromatic carbocycles. The largest absolute Gasteiger partial charge is 0.337 e. The summed E-state index contributed by atoms with van der Waals surface area (Å²) in [5, 5.41) is 4.28. The molecule has 1 atom stereocenters. The van der Waals surface area contributed by atoms with E-state index in [0.717, 1.165) is 29.5 Å². The van der Waals surface area contributed by atoms with Crippen LogP contribution in [-0.2, 0) is 0 Å². The maximum atomic E-state index is 12.5. The van der Waals surface area contributed by atoms with Crippen LogP contribution in [0.25, 0.3) is 5.69 Å². The molecule has 0 saturated carbocycles. The van der Waals surface area contributed by atoms with Crippen LogP contribution in [0.4, 0.5) is 0 Å². The van der Waals surface area contributed by atoms with Gasteiger partial charge in [0.15, 0.2) is 0 Å². The van der Waals surface area contributed by atoms with Crippen LogP contribution in [0.15, 0.2) is 41.1 Å². The van der Waals surface area contributed by atoms with Crippen molar-refractivity contribution in [2.24, 2.45) is 5.73 Å². The maximum absolute atomic E-state index is 12.5. The molecule has 3 rings (SSSR count). The minimum absolute atomic E-state index is 0.00592. The van der Waals surface area contributed by atoms with Gasteiger partial charge in [0.25, 0.3) is 5.91 Å². The van der Waals surface area contributed by atoms with E-state index in [1.54, 1.807) is 17.1 Å². The predicted octanol–water partition coefficient (Wildman–Crippen LogP) is 2.20. The zero-order valence-electron chi connectivity index (χ0n) is 11.6. The zero-order chi connectivity index (χ0) is 14.8. The second-order valence-electron chi connectivity index (χ2n) is 5.31. The summed E-state index contributed by atoms with van der Waals surface area (Å²) in [5.74, 6) is 0.00592. The third kappa shape index (κ3) is 3.16. The molecule has 1 aromatic heterocycles. The molecular formula is C15H17BrN4O. The van der Waals surface area contributed by atoms with E-state index in [4.69, 9.17) is 5.73 Å². The number of carbonyl (C=O) groups is 1. The predicted molar refractivity (Wildman–Crippen MR) is 84.4 cm³/mol. The van der Waals surface area contributed by atoms with Crippen LogP contribution in [0.2, 0.25) is 0 Å². The molecule has 2 N–H and O–H groups in total. The summed E-state index contributed by atoms with van der Waals surface area (Å²) < 4.78 is 2.69. The molecular weight excluding hydrogens is 332 g/mol. The molecule has 110 valence electrons. The number of carbonyl (C=O) groups excluding carboxylic acids is 1. The first-order chi connectivity index (χ1) is 10.1. The Bertz CT molecular complexity index is 655. The molecule has 1 saturated heterocycles. The van der Waals surface area contributed by atoms with Crippen molar-refractivity contribution in [3.8, 4) is 5.69 Å². The molecule has 2 heterocycles. The summed E-state index contributed by atoms with van der Waals surface area (Å²) in [7, 11) is 0. The van der Waals surface area contributed by atoms with Crippen molar-refractivity contribution in [3.63, 3.8) is 0 Å². The third-order valence-corrected chi connectivity index (χ3v) is 4.14. The summed E-state index contributed by atoms with van der Waals surface area (Å²) in [4.78, 5) is 14.3. The summed E-state index contributed by atoms with van der Waals surface area (Å²) in [6, 6.07) is 7.88. The number of aromatic nitrogens is 2. The molecule has 1 fully saturated rings. The summed E-state index contributed by atoms with van der Waals surface area (Å²) in [6.07, 6.45) is 5.33. The fourth-order valence-corrected chi connectivity index (χ4v) is 2.96. The number of hydrogen-bond acceptors (Lipinski definition) is 3. The average molecular weight is 349 g/mol. The maximum Gasteiger partial charge on any atom is 0.257 e. The second kappa shape index (κ2) is 5.99. The lowest BCUT2D eigenvalue weighted by molar-refractivity contribution is 0.0709. The van der Waals surface area contributed by atoms with Gasteiger partial charge in [0.05, 0.1) is 17.4 Å². The van der Waals surface area contributed by atoms with Gasteiger partial charge < -0.3 is 10.6 Å². The minimum atomic E-state index is 0.00592. The molecule has 1 amide bonds. The van der Waals surface area contributed by atoms with Gasteiger partial charge in [0.1, 0.15) is 0 Å². The molecule has 5 nitrogen and oxygen atoms in total. The number of halogens is 1. The normalized spacial score (nSPS) is 18.8. The number of piperidine rings is 1. The van der Waals surface area contributed by atoms with Crippen molar-refractivity contribution in [1.82, 2.24) is 14.7 Å². The van der Waals surface area contributed by atoms with Crippen molar-refractivity contribution >= 4 is 21.8 Å². The molecule has 21 heavy (non-hydrogen) atoms. The highest BCUT2D eigenvalue weighted by Gasteiger charge is 2.23. The fourth-order valence-electron chi connectivity index (χ4n) is 2.57. The van der Waals surface area contributed by atoms with E-state index in [2.05, 4.69) is 21.0 Å². The number of rotatable bonds is 2. The van der Waals surface area contributed by atoms with Gasteiger partial charge in [-0.3, -0.25) is 4.79 Å². The van der Waals surface area contributed by atoms with Gasteiger partial charge in [-0.25, -0.2) is 4.68 Å². The highest BCUT2D eigenvalue weighted by molar-refractivity contribution is 9.10. The molecule has 0 spiro atoms. The van der Waals surface area contributed by atoms with E-state index >= 15 is 0 Å². The summed E-state index contributed by atoms with van der Waals surface area (Å²) in [6.45, 7) is 1.40. The van der Waals surface area contributed by atoms with Crippen LogP contribution in [0, 0.1) is 0 Å². The van der Waals surface area contributed by atoms with Gasteiger partial charge in [-0.2, -0.15) is 5.10 Å². The van der Waals surface area contributed by atoms with E-state index in [9.17, 15) is 4.79 Å². The molecule has 1 unspecified atom stereocenters. The number of hydrogen-bond donors (Lipinski definition) is 1. The van der Waals surface area contributed by atoms with Crippen LogP contribution in [0.1, 0.15) is 23.2 Å². The van der Waals surface area contributed by atoms with Crippen molar-refractivity contribution < 1.29 is 4.79 Å². The average Bonchev–Trinajstić information content (AvgIpc) is 2.96. The smallest absolute Gasteiger partial charge is 0.257 e. The summed E-state index contributed by atoms with van der Waals surface area (Å²) >= 11 is 3.43. The van der Waals surface area contributed by atoms with E-state index in [1.165, 1.54) is 0 Å². The Morgan fingerprint density at radius 2 is 2.29 bits per heavy atom. The highest BCUT2D eigenvalue weighted by Crippen LogP contribution is 2.17. The Balaban J connectivity index is 1.80. The standard InChI is InChI=1S/C15H17BrN4O/c16-12-3-1-5-14(7-12)20-9-11(8-18-20)15(21)19-6-2-4-13(17)10-19/h1,3,5,7-9,13H,2,4,6,10,17H2. The Morgan fingerprint density at radius 1 is 1.43 bits per heavy atom. The fraction of sp³-hybridized carbons (Fsp3) is 0.333. The van der Waals surface area contributed by atoms with Crippen LogP contribution >= 0.6 is 15.9 Å². The van der Waals surface area contributed by atoms with Crippen LogP contribution in [-0.4, -0.2) is 39.7 Å². The second-order valence-corrected chi connectivity index (χ2v) is 6.22. The SMILES string of the molecule is NC1CCCN(C(=O)c2cnn(-c3cccc(Br)c3)c2)C1. The number of amides is 1. The van der Waals surface area contributed by atoms with Crippen LogP contribution < -0.4 is 5.73 Å². The van der Waals surface area contributed by atoms with Gasteiger partial charge in [-0.05, 0) is 31.0 Å². The van der Waals surface area contributed by atoms with E-state index in [1.807, 2.05) is 29.2 Å². The Hall–Kier alpha value is -1.66. The topological polar surface area (TPSA) is 64.2 Å². The third-order valence-electron chi connectivity index (χ3n) is 3.65. The number of benzene rings is 1. The quantitative estimate of drug-likeness (QED) is 0.904. The van der Waals surface area contributed by atoms with Gasteiger partial charge in [0, 0.05) is 29.8 Å². The van der Waals surface area contributed by atoms with Gasteiger partial charge >= 0.3 is 0 Å². The number of nitrogens with two attached hydrogens (primary N) is 1. The van der Waals surface area contributed by atoms with Crippen LogP contribution in [0.5, 0.6) is 0 Å². The first kappa shape index (κ1) is 14.3. The molecule has 2 aromatic rings. The van der Waals surface area contributed by atoms with Gasteiger partial charge in [0.2, 0.25) is 0 Å². The van der Waals surface area contributed by atoms with E-state index < -0.39 is 0 Å². The lowest BCUT2D eigenvalue weighted by Crippen LogP contribution is -2.45. The Labute approximate surface area is 131 Å². The van der Waals surface area contributed by atoms with E-state index in [-0.39, 0.29) is 11.9 Å². The van der Waals surface area contributed by atoms with E-state index in [0.29, 0.717) is 12.1 Å². The van der Waals surface area contributed by atoms with Crippen molar-refractivity contribution in [2.45, 2.75) is 18.9 Å². The minimum Gasteiger partial charge on any atom is -0.337 e. The number of nitrogens with zero attached hydrogens (tertiary/aromatic N) is 3. The lowest BCUT2D eigenvalue weighted by atomic mass is 10.1. The Kier molecular flexibility index (Phi) is 4.07.